The zero-order valence-electron chi connectivity index (χ0n) is 12.7. The first-order valence-electron chi connectivity index (χ1n) is 7.21. The van der Waals surface area contributed by atoms with E-state index in [1.54, 1.807) is 13.0 Å². The summed E-state index contributed by atoms with van der Waals surface area (Å²) < 4.78 is 4.99. The van der Waals surface area contributed by atoms with Gasteiger partial charge >= 0.3 is 0 Å². The first-order valence-corrected chi connectivity index (χ1v) is 7.21. The molecule has 2 heterocycles. The molecule has 21 heavy (non-hydrogen) atoms. The van der Waals surface area contributed by atoms with E-state index in [9.17, 15) is 9.59 Å². The number of nitrogens with zero attached hydrogens (tertiary/aromatic N) is 2. The van der Waals surface area contributed by atoms with Gasteiger partial charge in [-0.3, -0.25) is 19.8 Å². The van der Waals surface area contributed by atoms with E-state index in [-0.39, 0.29) is 23.9 Å². The fourth-order valence-corrected chi connectivity index (χ4v) is 2.58. The number of amides is 2. The molecule has 1 aromatic rings. The summed E-state index contributed by atoms with van der Waals surface area (Å²) in [4.78, 5) is 25.4. The molecule has 1 aromatic heterocycles. The minimum atomic E-state index is -0.285. The zero-order chi connectivity index (χ0) is 15.4. The molecule has 2 unspecified atom stereocenters. The molecule has 1 aliphatic rings. The zero-order valence-corrected chi connectivity index (χ0v) is 12.7. The highest BCUT2D eigenvalue weighted by atomic mass is 16.5. The Balaban J connectivity index is 1.90. The summed E-state index contributed by atoms with van der Waals surface area (Å²) in [6.45, 7) is 6.70. The van der Waals surface area contributed by atoms with Crippen molar-refractivity contribution in [3.8, 4) is 0 Å². The molecule has 2 amide bonds. The average molecular weight is 294 g/mol. The topological polar surface area (TPSA) is 87.5 Å². The largest absolute Gasteiger partial charge is 0.352 e. The van der Waals surface area contributed by atoms with E-state index in [1.165, 1.54) is 6.92 Å². The van der Waals surface area contributed by atoms with Gasteiger partial charge in [-0.25, -0.2) is 0 Å². The molecule has 1 fully saturated rings. The molecule has 0 saturated carbocycles. The lowest BCUT2D eigenvalue weighted by Gasteiger charge is -2.36. The van der Waals surface area contributed by atoms with Crippen molar-refractivity contribution in [2.75, 3.05) is 18.4 Å². The smallest absolute Gasteiger partial charge is 0.243 e. The highest BCUT2D eigenvalue weighted by Gasteiger charge is 2.28. The molecular weight excluding hydrogens is 272 g/mol. The van der Waals surface area contributed by atoms with Crippen LogP contribution in [0.3, 0.4) is 0 Å². The van der Waals surface area contributed by atoms with Crippen LogP contribution in [0.1, 0.15) is 32.4 Å². The number of likely N-dealkylation sites (tertiary alicyclic amines) is 1. The van der Waals surface area contributed by atoms with Gasteiger partial charge in [-0.1, -0.05) is 5.16 Å². The van der Waals surface area contributed by atoms with Crippen molar-refractivity contribution in [3.05, 3.63) is 11.8 Å². The van der Waals surface area contributed by atoms with Gasteiger partial charge in [0.1, 0.15) is 0 Å². The minimum Gasteiger partial charge on any atom is -0.352 e. The maximum absolute atomic E-state index is 12.2. The second-order valence-corrected chi connectivity index (χ2v) is 5.53. The molecule has 0 aromatic carbocycles. The molecule has 7 heteroatoms. The Bertz CT molecular complexity index is 514. The number of aromatic nitrogens is 1. The van der Waals surface area contributed by atoms with Gasteiger partial charge < -0.3 is 9.84 Å². The van der Waals surface area contributed by atoms with Gasteiger partial charge in [0.15, 0.2) is 0 Å². The Morgan fingerprint density at radius 2 is 2.29 bits per heavy atom. The summed E-state index contributed by atoms with van der Waals surface area (Å²) >= 11 is 0. The molecule has 2 rings (SSSR count). The highest BCUT2D eigenvalue weighted by Crippen LogP contribution is 2.15. The number of carbonyl (C=O) groups is 2. The molecule has 7 nitrogen and oxygen atoms in total. The number of hydrogen-bond donors (Lipinski definition) is 2. The second-order valence-electron chi connectivity index (χ2n) is 5.53. The van der Waals surface area contributed by atoms with Crippen LogP contribution in [0, 0.1) is 6.92 Å². The van der Waals surface area contributed by atoms with Gasteiger partial charge in [0.2, 0.25) is 17.7 Å². The lowest BCUT2D eigenvalue weighted by molar-refractivity contribution is -0.121. The number of aryl methyl sites for hydroxylation is 1. The molecule has 2 atom stereocenters. The van der Waals surface area contributed by atoms with E-state index < -0.39 is 0 Å². The lowest BCUT2D eigenvalue weighted by atomic mass is 10.0. The molecule has 0 bridgehead atoms. The normalized spacial score (nSPS) is 20.8. The summed E-state index contributed by atoms with van der Waals surface area (Å²) in [5, 5.41) is 9.37. The standard InChI is InChI=1S/C14H22N4O3/c1-9-7-13(21-17-9)16-14(20)10(2)18-6-4-5-12(8-18)15-11(3)19/h7,10,12H,4-6,8H2,1-3H3,(H,15,19)(H,16,20). The van der Waals surface area contributed by atoms with Crippen LogP contribution in [0.15, 0.2) is 10.6 Å². The Morgan fingerprint density at radius 3 is 2.90 bits per heavy atom. The molecule has 1 saturated heterocycles. The van der Waals surface area contributed by atoms with E-state index in [0.717, 1.165) is 25.1 Å². The summed E-state index contributed by atoms with van der Waals surface area (Å²) in [6, 6.07) is 1.51. The van der Waals surface area contributed by atoms with Gasteiger partial charge in [-0.05, 0) is 33.2 Å². The van der Waals surface area contributed by atoms with Crippen molar-refractivity contribution in [1.29, 1.82) is 0 Å². The Kier molecular flexibility index (Phi) is 4.95. The van der Waals surface area contributed by atoms with Crippen molar-refractivity contribution in [2.45, 2.75) is 45.7 Å². The SMILES string of the molecule is CC(=O)NC1CCCN(C(C)C(=O)Nc2cc(C)no2)C1. The number of carbonyl (C=O) groups excluding carboxylic acids is 2. The van der Waals surface area contributed by atoms with Crippen LogP contribution in [-0.2, 0) is 9.59 Å². The van der Waals surface area contributed by atoms with Crippen molar-refractivity contribution in [3.63, 3.8) is 0 Å². The lowest BCUT2D eigenvalue weighted by Crippen LogP contribution is -2.52. The summed E-state index contributed by atoms with van der Waals surface area (Å²) in [7, 11) is 0. The van der Waals surface area contributed by atoms with Crippen molar-refractivity contribution >= 4 is 17.7 Å². The van der Waals surface area contributed by atoms with Crippen molar-refractivity contribution in [2.24, 2.45) is 0 Å². The predicted molar refractivity (Wildman–Crippen MR) is 77.7 cm³/mol. The van der Waals surface area contributed by atoms with Crippen molar-refractivity contribution in [1.82, 2.24) is 15.4 Å². The van der Waals surface area contributed by atoms with Crippen molar-refractivity contribution < 1.29 is 14.1 Å². The van der Waals surface area contributed by atoms with Crippen LogP contribution < -0.4 is 10.6 Å². The third-order valence-electron chi connectivity index (χ3n) is 3.66. The van der Waals surface area contributed by atoms with Gasteiger partial charge in [0, 0.05) is 25.6 Å². The number of piperidine rings is 1. The van der Waals surface area contributed by atoms with Gasteiger partial charge in [0.25, 0.3) is 0 Å². The number of anilines is 1. The number of nitrogens with one attached hydrogen (secondary N) is 2. The third kappa shape index (κ3) is 4.29. The molecule has 0 spiro atoms. The van der Waals surface area contributed by atoms with Crippen LogP contribution in [0.5, 0.6) is 0 Å². The molecule has 0 aliphatic carbocycles. The first kappa shape index (κ1) is 15.5. The molecular formula is C14H22N4O3. The van der Waals surface area contributed by atoms with Gasteiger partial charge in [-0.2, -0.15) is 0 Å². The van der Waals surface area contributed by atoms with Crippen LogP contribution in [0.4, 0.5) is 5.88 Å². The Labute approximate surface area is 124 Å². The van der Waals surface area contributed by atoms with E-state index in [4.69, 9.17) is 4.52 Å². The average Bonchev–Trinajstić information content (AvgIpc) is 2.82. The summed E-state index contributed by atoms with van der Waals surface area (Å²) in [5.74, 6) is 0.200. The third-order valence-corrected chi connectivity index (χ3v) is 3.66. The fourth-order valence-electron chi connectivity index (χ4n) is 2.58. The Morgan fingerprint density at radius 1 is 1.52 bits per heavy atom. The van der Waals surface area contributed by atoms with Crippen LogP contribution >= 0.6 is 0 Å². The monoisotopic (exact) mass is 294 g/mol. The number of hydrogen-bond acceptors (Lipinski definition) is 5. The summed E-state index contributed by atoms with van der Waals surface area (Å²) in [6.07, 6.45) is 1.91. The van der Waals surface area contributed by atoms with Crippen LogP contribution in [0.25, 0.3) is 0 Å². The van der Waals surface area contributed by atoms with Gasteiger partial charge in [-0.15, -0.1) is 0 Å². The Hall–Kier alpha value is -1.89. The maximum Gasteiger partial charge on any atom is 0.243 e. The van der Waals surface area contributed by atoms with Crippen LogP contribution in [-0.4, -0.2) is 47.0 Å². The first-order chi connectivity index (χ1) is 9.95. The maximum atomic E-state index is 12.2. The van der Waals surface area contributed by atoms with E-state index >= 15 is 0 Å². The fraction of sp³-hybridized carbons (Fsp3) is 0.643. The highest BCUT2D eigenvalue weighted by molar-refractivity contribution is 5.93. The molecule has 2 N–H and O–H groups in total. The minimum absolute atomic E-state index is 0.0314. The molecule has 0 radical (unpaired) electrons. The quantitative estimate of drug-likeness (QED) is 0.862. The molecule has 1 aliphatic heterocycles. The van der Waals surface area contributed by atoms with E-state index in [1.807, 2.05) is 6.92 Å². The second kappa shape index (κ2) is 6.71. The molecule has 116 valence electrons. The van der Waals surface area contributed by atoms with Gasteiger partial charge in [0.05, 0.1) is 11.7 Å². The van der Waals surface area contributed by atoms with E-state index in [0.29, 0.717) is 12.4 Å². The van der Waals surface area contributed by atoms with Crippen LogP contribution in [0.2, 0.25) is 0 Å². The van der Waals surface area contributed by atoms with E-state index in [2.05, 4.69) is 20.7 Å². The number of rotatable bonds is 4. The predicted octanol–water partition coefficient (Wildman–Crippen LogP) is 0.911. The summed E-state index contributed by atoms with van der Waals surface area (Å²) in [5.41, 5.74) is 0.724.